The molecule has 0 amide bonds. The molecule has 0 saturated heterocycles. The lowest BCUT2D eigenvalue weighted by atomic mass is 10.3. The summed E-state index contributed by atoms with van der Waals surface area (Å²) in [5, 5.41) is 3.66. The molecule has 7 heteroatoms. The fourth-order valence-electron chi connectivity index (χ4n) is 1.33. The Morgan fingerprint density at radius 3 is 2.59 bits per heavy atom. The summed E-state index contributed by atoms with van der Waals surface area (Å²) in [6, 6.07) is 1.78. The molecule has 0 atom stereocenters. The van der Waals surface area contributed by atoms with E-state index in [9.17, 15) is 13.2 Å². The van der Waals surface area contributed by atoms with Crippen molar-refractivity contribution in [2.75, 3.05) is 0 Å². The van der Waals surface area contributed by atoms with Crippen molar-refractivity contribution in [3.63, 3.8) is 0 Å². The molecule has 17 heavy (non-hydrogen) atoms. The molecule has 0 radical (unpaired) electrons. The van der Waals surface area contributed by atoms with E-state index in [0.29, 0.717) is 0 Å². The zero-order valence-corrected chi connectivity index (χ0v) is 10.0. The van der Waals surface area contributed by atoms with Crippen LogP contribution in [0.1, 0.15) is 11.1 Å². The quantitative estimate of drug-likeness (QED) is 0.853. The van der Waals surface area contributed by atoms with Crippen molar-refractivity contribution < 1.29 is 13.2 Å². The number of pyridine rings is 1. The molecular formula is C10H7BrF3N3. The molecule has 2 heterocycles. The highest BCUT2D eigenvalue weighted by Crippen LogP contribution is 2.28. The first-order valence-corrected chi connectivity index (χ1v) is 5.43. The molecule has 2 aromatic heterocycles. The summed E-state index contributed by atoms with van der Waals surface area (Å²) in [6.45, 7) is 0.252. The van der Waals surface area contributed by atoms with Crippen molar-refractivity contribution in [2.24, 2.45) is 0 Å². The predicted octanol–water partition coefficient (Wildman–Crippen LogP) is 3.11. The van der Waals surface area contributed by atoms with Crippen LogP contribution in [0, 0.1) is 0 Å². The second-order valence-corrected chi connectivity index (χ2v) is 4.35. The lowest BCUT2D eigenvalue weighted by Crippen LogP contribution is -2.04. The monoisotopic (exact) mass is 305 g/mol. The highest BCUT2D eigenvalue weighted by molar-refractivity contribution is 9.10. The first kappa shape index (κ1) is 12.1. The standard InChI is InChI=1S/C10H7BrF3N3/c11-9-1-7(2-15-4-9)5-17-6-8(3-16-17)10(12,13)14/h1-4,6H,5H2. The molecule has 2 rings (SSSR count). The molecule has 0 bridgehead atoms. The van der Waals surface area contributed by atoms with E-state index in [0.717, 1.165) is 22.4 Å². The maximum Gasteiger partial charge on any atom is 0.419 e. The van der Waals surface area contributed by atoms with Gasteiger partial charge in [-0.05, 0) is 27.6 Å². The first-order valence-electron chi connectivity index (χ1n) is 4.64. The Morgan fingerprint density at radius 2 is 2.00 bits per heavy atom. The zero-order valence-electron chi connectivity index (χ0n) is 8.45. The summed E-state index contributed by atoms with van der Waals surface area (Å²) >= 11 is 3.24. The summed E-state index contributed by atoms with van der Waals surface area (Å²) in [5.74, 6) is 0. The van der Waals surface area contributed by atoms with Crippen molar-refractivity contribution in [1.82, 2.24) is 14.8 Å². The number of alkyl halides is 3. The highest BCUT2D eigenvalue weighted by Gasteiger charge is 2.32. The minimum atomic E-state index is -4.35. The largest absolute Gasteiger partial charge is 0.419 e. The van der Waals surface area contributed by atoms with Crippen LogP contribution in [0.3, 0.4) is 0 Å². The third kappa shape index (κ3) is 3.06. The Labute approximate surface area is 103 Å². The van der Waals surface area contributed by atoms with Gasteiger partial charge in [-0.3, -0.25) is 9.67 Å². The number of hydrogen-bond acceptors (Lipinski definition) is 2. The van der Waals surface area contributed by atoms with Crippen molar-refractivity contribution in [3.05, 3.63) is 46.5 Å². The van der Waals surface area contributed by atoms with Crippen molar-refractivity contribution in [1.29, 1.82) is 0 Å². The van der Waals surface area contributed by atoms with Crippen LogP contribution in [0.5, 0.6) is 0 Å². The molecule has 0 aliphatic carbocycles. The van der Waals surface area contributed by atoms with E-state index < -0.39 is 11.7 Å². The van der Waals surface area contributed by atoms with E-state index in [1.54, 1.807) is 18.5 Å². The van der Waals surface area contributed by atoms with E-state index in [-0.39, 0.29) is 6.54 Å². The van der Waals surface area contributed by atoms with Gasteiger partial charge >= 0.3 is 6.18 Å². The number of hydrogen-bond donors (Lipinski definition) is 0. The van der Waals surface area contributed by atoms with E-state index in [4.69, 9.17) is 0 Å². The van der Waals surface area contributed by atoms with Crippen molar-refractivity contribution >= 4 is 15.9 Å². The summed E-state index contributed by atoms with van der Waals surface area (Å²) in [7, 11) is 0. The van der Waals surface area contributed by atoms with E-state index in [2.05, 4.69) is 26.0 Å². The van der Waals surface area contributed by atoms with Gasteiger partial charge in [-0.15, -0.1) is 0 Å². The van der Waals surface area contributed by atoms with Gasteiger partial charge in [0.05, 0.1) is 18.3 Å². The Balaban J connectivity index is 2.17. The molecule has 0 aromatic carbocycles. The molecule has 0 fully saturated rings. The molecule has 0 unspecified atom stereocenters. The summed E-state index contributed by atoms with van der Waals surface area (Å²) in [4.78, 5) is 3.93. The van der Waals surface area contributed by atoms with Gasteiger partial charge in [-0.1, -0.05) is 0 Å². The highest BCUT2D eigenvalue weighted by atomic mass is 79.9. The molecule has 2 aromatic rings. The molecule has 0 N–H and O–H groups in total. The van der Waals surface area contributed by atoms with Crippen LogP contribution < -0.4 is 0 Å². The minimum Gasteiger partial charge on any atom is -0.268 e. The second-order valence-electron chi connectivity index (χ2n) is 3.44. The van der Waals surface area contributed by atoms with E-state index in [1.165, 1.54) is 4.68 Å². The van der Waals surface area contributed by atoms with Crippen LogP contribution in [0.4, 0.5) is 13.2 Å². The first-order chi connectivity index (χ1) is 7.95. The third-order valence-corrected chi connectivity index (χ3v) is 2.50. The minimum absolute atomic E-state index is 0.252. The zero-order chi connectivity index (χ0) is 12.5. The van der Waals surface area contributed by atoms with Crippen LogP contribution in [-0.2, 0) is 12.7 Å². The Morgan fingerprint density at radius 1 is 1.24 bits per heavy atom. The van der Waals surface area contributed by atoms with Crippen LogP contribution in [0.25, 0.3) is 0 Å². The van der Waals surface area contributed by atoms with Crippen LogP contribution in [-0.4, -0.2) is 14.8 Å². The topological polar surface area (TPSA) is 30.7 Å². The molecule has 0 spiro atoms. The fraction of sp³-hybridized carbons (Fsp3) is 0.200. The number of aromatic nitrogens is 3. The van der Waals surface area contributed by atoms with E-state index >= 15 is 0 Å². The summed E-state index contributed by atoms with van der Waals surface area (Å²) in [5.41, 5.74) is 0.0247. The van der Waals surface area contributed by atoms with Gasteiger partial charge in [0.15, 0.2) is 0 Å². The van der Waals surface area contributed by atoms with Crippen LogP contribution in [0.2, 0.25) is 0 Å². The molecule has 0 aliphatic rings. The van der Waals surface area contributed by atoms with Gasteiger partial charge in [0.2, 0.25) is 0 Å². The lowest BCUT2D eigenvalue weighted by Gasteiger charge is -2.02. The van der Waals surface area contributed by atoms with Gasteiger partial charge in [-0.25, -0.2) is 0 Å². The molecule has 0 aliphatic heterocycles. The van der Waals surface area contributed by atoms with Gasteiger partial charge in [-0.2, -0.15) is 18.3 Å². The fourth-order valence-corrected chi connectivity index (χ4v) is 1.74. The van der Waals surface area contributed by atoms with Gasteiger partial charge in [0, 0.05) is 23.1 Å². The maximum atomic E-state index is 12.3. The molecule has 90 valence electrons. The molecule has 3 nitrogen and oxygen atoms in total. The van der Waals surface area contributed by atoms with E-state index in [1.807, 2.05) is 0 Å². The third-order valence-electron chi connectivity index (χ3n) is 2.07. The van der Waals surface area contributed by atoms with Gasteiger partial charge in [0.1, 0.15) is 0 Å². The molecular weight excluding hydrogens is 299 g/mol. The van der Waals surface area contributed by atoms with Gasteiger partial charge in [0.25, 0.3) is 0 Å². The number of rotatable bonds is 2. The van der Waals surface area contributed by atoms with Crippen LogP contribution in [0.15, 0.2) is 35.3 Å². The SMILES string of the molecule is FC(F)(F)c1cnn(Cc2cncc(Br)c2)c1. The smallest absolute Gasteiger partial charge is 0.268 e. The summed E-state index contributed by atoms with van der Waals surface area (Å²) < 4.78 is 39.0. The average Bonchev–Trinajstić information content (AvgIpc) is 2.65. The molecule has 0 saturated carbocycles. The second kappa shape index (κ2) is 4.48. The predicted molar refractivity (Wildman–Crippen MR) is 58.3 cm³/mol. The van der Waals surface area contributed by atoms with Gasteiger partial charge < -0.3 is 0 Å². The maximum absolute atomic E-state index is 12.3. The van der Waals surface area contributed by atoms with Crippen LogP contribution >= 0.6 is 15.9 Å². The lowest BCUT2D eigenvalue weighted by molar-refractivity contribution is -0.137. The summed E-state index contributed by atoms with van der Waals surface area (Å²) in [6.07, 6.45) is 0.619. The van der Waals surface area contributed by atoms with Crippen molar-refractivity contribution in [2.45, 2.75) is 12.7 Å². The Bertz CT molecular complexity index is 522. The average molecular weight is 306 g/mol. The van der Waals surface area contributed by atoms with Crippen molar-refractivity contribution in [3.8, 4) is 0 Å². The Hall–Kier alpha value is -1.37. The normalized spacial score (nSPS) is 11.8. The Kier molecular flexibility index (Phi) is 3.19. The number of nitrogens with zero attached hydrogens (tertiary/aromatic N) is 3. The number of halogens is 4.